The van der Waals surface area contributed by atoms with Gasteiger partial charge >= 0.3 is 0 Å². The van der Waals surface area contributed by atoms with E-state index in [2.05, 4.69) is 10.2 Å². The Morgan fingerprint density at radius 3 is 2.73 bits per heavy atom. The Morgan fingerprint density at radius 2 is 1.95 bits per heavy atom. The van der Waals surface area contributed by atoms with Crippen LogP contribution in [0.4, 0.5) is 4.39 Å². The maximum atomic E-state index is 13.8. The van der Waals surface area contributed by atoms with Gasteiger partial charge in [0.1, 0.15) is 12.1 Å². The van der Waals surface area contributed by atoms with Crippen molar-refractivity contribution in [2.24, 2.45) is 0 Å². The lowest BCUT2D eigenvalue weighted by Crippen LogP contribution is -1.96. The maximum absolute atomic E-state index is 13.8. The molecule has 0 saturated heterocycles. The molecule has 0 atom stereocenters. The van der Waals surface area contributed by atoms with Crippen LogP contribution in [0.15, 0.2) is 53.9 Å². The van der Waals surface area contributed by atoms with Crippen LogP contribution in [0, 0.1) is 5.82 Å². The fourth-order valence-corrected chi connectivity index (χ4v) is 3.39. The Labute approximate surface area is 141 Å². The van der Waals surface area contributed by atoms with Gasteiger partial charge in [-0.25, -0.2) is 4.39 Å². The standard InChI is InChI=1S/C15H10Cl2FN3S/c16-10-3-1-4-11(7-10)21-9-19-20-15(21)22-8-12-13(17)5-2-6-14(12)18/h1-7,9H,8H2. The van der Waals surface area contributed by atoms with Crippen LogP contribution < -0.4 is 0 Å². The maximum Gasteiger partial charge on any atom is 0.195 e. The van der Waals surface area contributed by atoms with Crippen LogP contribution >= 0.6 is 35.0 Å². The summed E-state index contributed by atoms with van der Waals surface area (Å²) in [5, 5.41) is 9.64. The molecule has 0 unspecified atom stereocenters. The lowest BCUT2D eigenvalue weighted by atomic mass is 10.2. The van der Waals surface area contributed by atoms with Gasteiger partial charge in [0.15, 0.2) is 5.16 Å². The Morgan fingerprint density at radius 1 is 1.14 bits per heavy atom. The molecular formula is C15H10Cl2FN3S. The van der Waals surface area contributed by atoms with E-state index in [1.807, 2.05) is 18.2 Å². The molecule has 3 rings (SSSR count). The Bertz CT molecular complexity index is 787. The summed E-state index contributed by atoms with van der Waals surface area (Å²) in [6, 6.07) is 12.0. The molecule has 112 valence electrons. The largest absolute Gasteiger partial charge is 0.277 e. The van der Waals surface area contributed by atoms with E-state index in [-0.39, 0.29) is 5.82 Å². The van der Waals surface area contributed by atoms with Crippen molar-refractivity contribution >= 4 is 35.0 Å². The molecule has 1 heterocycles. The smallest absolute Gasteiger partial charge is 0.195 e. The zero-order valence-electron chi connectivity index (χ0n) is 11.2. The molecule has 0 bridgehead atoms. The molecule has 0 aliphatic rings. The molecule has 0 saturated carbocycles. The number of nitrogens with zero attached hydrogens (tertiary/aromatic N) is 3. The molecule has 0 N–H and O–H groups in total. The fourth-order valence-electron chi connectivity index (χ4n) is 1.93. The summed E-state index contributed by atoms with van der Waals surface area (Å²) in [4.78, 5) is 0. The first kappa shape index (κ1) is 15.3. The number of hydrogen-bond acceptors (Lipinski definition) is 3. The van der Waals surface area contributed by atoms with E-state index in [1.165, 1.54) is 17.8 Å². The Balaban J connectivity index is 1.84. The third kappa shape index (κ3) is 3.27. The topological polar surface area (TPSA) is 30.7 Å². The van der Waals surface area contributed by atoms with Gasteiger partial charge in [0.25, 0.3) is 0 Å². The van der Waals surface area contributed by atoms with Crippen molar-refractivity contribution in [2.45, 2.75) is 10.9 Å². The highest BCUT2D eigenvalue weighted by Gasteiger charge is 2.12. The highest BCUT2D eigenvalue weighted by Crippen LogP contribution is 2.29. The first-order valence-electron chi connectivity index (χ1n) is 6.37. The zero-order valence-corrected chi connectivity index (χ0v) is 13.5. The van der Waals surface area contributed by atoms with Crippen LogP contribution in [0.5, 0.6) is 0 Å². The van der Waals surface area contributed by atoms with Gasteiger partial charge in [0.05, 0.1) is 5.69 Å². The summed E-state index contributed by atoms with van der Waals surface area (Å²) in [5.74, 6) is 0.0407. The molecule has 1 aromatic heterocycles. The number of thioether (sulfide) groups is 1. The highest BCUT2D eigenvalue weighted by molar-refractivity contribution is 7.98. The van der Waals surface area contributed by atoms with Crippen LogP contribution in [0.25, 0.3) is 5.69 Å². The van der Waals surface area contributed by atoms with Crippen molar-refractivity contribution in [2.75, 3.05) is 0 Å². The van der Waals surface area contributed by atoms with Gasteiger partial charge < -0.3 is 0 Å². The van der Waals surface area contributed by atoms with Gasteiger partial charge in [-0.05, 0) is 30.3 Å². The number of aromatic nitrogens is 3. The van der Waals surface area contributed by atoms with Crippen molar-refractivity contribution in [1.82, 2.24) is 14.8 Å². The summed E-state index contributed by atoms with van der Waals surface area (Å²) in [6.45, 7) is 0. The van der Waals surface area contributed by atoms with Gasteiger partial charge in [-0.3, -0.25) is 4.57 Å². The molecule has 0 radical (unpaired) electrons. The van der Waals surface area contributed by atoms with Crippen molar-refractivity contribution in [3.8, 4) is 5.69 Å². The van der Waals surface area contributed by atoms with Gasteiger partial charge in [-0.2, -0.15) is 0 Å². The first-order valence-corrected chi connectivity index (χ1v) is 8.11. The van der Waals surface area contributed by atoms with Gasteiger partial charge in [0, 0.05) is 21.4 Å². The average Bonchev–Trinajstić information content (AvgIpc) is 2.95. The molecule has 0 fully saturated rings. The monoisotopic (exact) mass is 353 g/mol. The first-order chi connectivity index (χ1) is 10.6. The van der Waals surface area contributed by atoms with E-state index in [1.54, 1.807) is 29.1 Å². The minimum Gasteiger partial charge on any atom is -0.277 e. The quantitative estimate of drug-likeness (QED) is 0.618. The summed E-state index contributed by atoms with van der Waals surface area (Å²) < 4.78 is 15.6. The molecule has 3 aromatic rings. The van der Waals surface area contributed by atoms with E-state index in [4.69, 9.17) is 23.2 Å². The lowest BCUT2D eigenvalue weighted by Gasteiger charge is -2.08. The molecule has 2 aromatic carbocycles. The molecule has 0 aliphatic carbocycles. The van der Waals surface area contributed by atoms with Crippen molar-refractivity contribution < 1.29 is 4.39 Å². The van der Waals surface area contributed by atoms with Gasteiger partial charge in [-0.1, -0.05) is 47.1 Å². The second kappa shape index (κ2) is 6.69. The van der Waals surface area contributed by atoms with Crippen LogP contribution in [0.1, 0.15) is 5.56 Å². The minimum atomic E-state index is -0.325. The zero-order chi connectivity index (χ0) is 15.5. The predicted molar refractivity (Wildman–Crippen MR) is 87.3 cm³/mol. The van der Waals surface area contributed by atoms with Gasteiger partial charge in [-0.15, -0.1) is 10.2 Å². The third-order valence-electron chi connectivity index (χ3n) is 3.01. The highest BCUT2D eigenvalue weighted by atomic mass is 35.5. The number of rotatable bonds is 4. The Kier molecular flexibility index (Phi) is 4.66. The van der Waals surface area contributed by atoms with E-state index in [0.717, 1.165) is 5.69 Å². The molecular weight excluding hydrogens is 344 g/mol. The van der Waals surface area contributed by atoms with E-state index >= 15 is 0 Å². The Hall–Kier alpha value is -1.56. The van der Waals surface area contributed by atoms with E-state index in [0.29, 0.717) is 26.5 Å². The number of halogens is 3. The number of benzene rings is 2. The molecule has 0 amide bonds. The van der Waals surface area contributed by atoms with Crippen LogP contribution in [-0.4, -0.2) is 14.8 Å². The normalized spacial score (nSPS) is 10.9. The lowest BCUT2D eigenvalue weighted by molar-refractivity contribution is 0.617. The van der Waals surface area contributed by atoms with Crippen molar-refractivity contribution in [3.05, 3.63) is 70.2 Å². The van der Waals surface area contributed by atoms with Gasteiger partial charge in [0.2, 0.25) is 0 Å². The SMILES string of the molecule is Fc1cccc(Cl)c1CSc1nncn1-c1cccc(Cl)c1. The molecule has 7 heteroatoms. The van der Waals surface area contributed by atoms with E-state index in [9.17, 15) is 4.39 Å². The molecule has 22 heavy (non-hydrogen) atoms. The molecule has 0 spiro atoms. The summed E-state index contributed by atoms with van der Waals surface area (Å²) >= 11 is 13.4. The predicted octanol–water partition coefficient (Wildman–Crippen LogP) is 5.01. The number of hydrogen-bond donors (Lipinski definition) is 0. The fraction of sp³-hybridized carbons (Fsp3) is 0.0667. The molecule has 3 nitrogen and oxygen atoms in total. The molecule has 0 aliphatic heterocycles. The summed E-state index contributed by atoms with van der Waals surface area (Å²) in [7, 11) is 0. The second-order valence-electron chi connectivity index (χ2n) is 4.45. The summed E-state index contributed by atoms with van der Waals surface area (Å²) in [6.07, 6.45) is 1.59. The summed E-state index contributed by atoms with van der Waals surface area (Å²) in [5.41, 5.74) is 1.30. The third-order valence-corrected chi connectivity index (χ3v) is 4.57. The second-order valence-corrected chi connectivity index (χ2v) is 6.24. The van der Waals surface area contributed by atoms with Crippen molar-refractivity contribution in [3.63, 3.8) is 0 Å². The van der Waals surface area contributed by atoms with Crippen LogP contribution in [0.2, 0.25) is 10.0 Å². The minimum absolute atomic E-state index is 0.325. The van der Waals surface area contributed by atoms with Crippen LogP contribution in [0.3, 0.4) is 0 Å². The average molecular weight is 354 g/mol. The van der Waals surface area contributed by atoms with Crippen molar-refractivity contribution in [1.29, 1.82) is 0 Å². The van der Waals surface area contributed by atoms with Crippen LogP contribution in [-0.2, 0) is 5.75 Å². The van der Waals surface area contributed by atoms with E-state index < -0.39 is 0 Å².